The number of nitrogens with one attached hydrogen (secondary N) is 1. The maximum atomic E-state index is 5.68. The fourth-order valence-corrected chi connectivity index (χ4v) is 3.09. The van der Waals surface area contributed by atoms with Crippen molar-refractivity contribution in [3.8, 4) is 11.5 Å². The van der Waals surface area contributed by atoms with Crippen molar-refractivity contribution >= 4 is 0 Å². The fraction of sp³-hybridized carbons (Fsp3) is 0.684. The number of hydrogen-bond donors (Lipinski definition) is 1. The van der Waals surface area contributed by atoms with Crippen LogP contribution in [0.1, 0.15) is 38.2 Å². The Morgan fingerprint density at radius 2 is 2.21 bits per heavy atom. The van der Waals surface area contributed by atoms with Crippen LogP contribution < -0.4 is 14.8 Å². The van der Waals surface area contributed by atoms with Gasteiger partial charge in [0.2, 0.25) is 6.79 Å². The Balaban J connectivity index is 1.23. The van der Waals surface area contributed by atoms with E-state index in [1.54, 1.807) is 0 Å². The molecule has 0 amide bonds. The van der Waals surface area contributed by atoms with Gasteiger partial charge in [0.15, 0.2) is 11.5 Å². The van der Waals surface area contributed by atoms with Crippen molar-refractivity contribution in [2.45, 2.75) is 51.2 Å². The SMILES string of the molecule is CC(CCc1ccc2c(c1)OCO2)NCCCOCC1CCCO1. The highest BCUT2D eigenvalue weighted by atomic mass is 16.7. The smallest absolute Gasteiger partial charge is 0.231 e. The molecule has 0 aliphatic carbocycles. The third-order valence-corrected chi connectivity index (χ3v) is 4.59. The lowest BCUT2D eigenvalue weighted by Gasteiger charge is -2.14. The minimum atomic E-state index is 0.332. The highest BCUT2D eigenvalue weighted by Gasteiger charge is 2.15. The molecule has 2 unspecified atom stereocenters. The van der Waals surface area contributed by atoms with Crippen LogP contribution in [0.5, 0.6) is 11.5 Å². The standard InChI is InChI=1S/C19H29NO4/c1-15(20-9-3-10-21-13-17-4-2-11-22-17)5-6-16-7-8-18-19(12-16)24-14-23-18/h7-8,12,15,17,20H,2-6,9-11,13-14H2,1H3. The summed E-state index contributed by atoms with van der Waals surface area (Å²) < 4.78 is 22.0. The third kappa shape index (κ3) is 5.36. The van der Waals surface area contributed by atoms with Gasteiger partial charge in [0.05, 0.1) is 12.7 Å². The first-order valence-corrected chi connectivity index (χ1v) is 9.12. The molecular weight excluding hydrogens is 306 g/mol. The van der Waals surface area contributed by atoms with E-state index in [0.717, 1.165) is 63.5 Å². The van der Waals surface area contributed by atoms with Crippen molar-refractivity contribution in [3.05, 3.63) is 23.8 Å². The lowest BCUT2D eigenvalue weighted by molar-refractivity contribution is 0.0165. The number of rotatable bonds is 10. The van der Waals surface area contributed by atoms with Crippen molar-refractivity contribution < 1.29 is 18.9 Å². The molecule has 1 fully saturated rings. The maximum absolute atomic E-state index is 5.68. The summed E-state index contributed by atoms with van der Waals surface area (Å²) in [6.45, 7) is 6.03. The summed E-state index contributed by atoms with van der Waals surface area (Å²) in [5.41, 5.74) is 1.30. The van der Waals surface area contributed by atoms with Crippen LogP contribution in [0.4, 0.5) is 0 Å². The number of benzene rings is 1. The van der Waals surface area contributed by atoms with Gasteiger partial charge in [-0.15, -0.1) is 0 Å². The van der Waals surface area contributed by atoms with E-state index in [1.165, 1.54) is 12.0 Å². The molecule has 2 atom stereocenters. The second kappa shape index (κ2) is 9.25. The fourth-order valence-electron chi connectivity index (χ4n) is 3.09. The Labute approximate surface area is 144 Å². The molecule has 134 valence electrons. The van der Waals surface area contributed by atoms with E-state index >= 15 is 0 Å². The van der Waals surface area contributed by atoms with E-state index < -0.39 is 0 Å². The highest BCUT2D eigenvalue weighted by Crippen LogP contribution is 2.32. The Morgan fingerprint density at radius 1 is 1.29 bits per heavy atom. The molecule has 0 aromatic heterocycles. The predicted molar refractivity (Wildman–Crippen MR) is 92.8 cm³/mol. The first-order valence-electron chi connectivity index (χ1n) is 9.12. The monoisotopic (exact) mass is 335 g/mol. The summed E-state index contributed by atoms with van der Waals surface area (Å²) in [5.74, 6) is 1.73. The number of hydrogen-bond acceptors (Lipinski definition) is 5. The van der Waals surface area contributed by atoms with Crippen molar-refractivity contribution in [1.29, 1.82) is 0 Å². The zero-order valence-corrected chi connectivity index (χ0v) is 14.6. The maximum Gasteiger partial charge on any atom is 0.231 e. The Kier molecular flexibility index (Phi) is 6.75. The first-order chi connectivity index (χ1) is 11.8. The molecule has 0 bridgehead atoms. The molecule has 2 aliphatic rings. The molecule has 2 heterocycles. The third-order valence-electron chi connectivity index (χ3n) is 4.59. The molecule has 1 aromatic carbocycles. The van der Waals surface area contributed by atoms with Crippen molar-refractivity contribution in [1.82, 2.24) is 5.32 Å². The van der Waals surface area contributed by atoms with Gasteiger partial charge in [-0.3, -0.25) is 0 Å². The van der Waals surface area contributed by atoms with Gasteiger partial charge in [-0.25, -0.2) is 0 Å². The summed E-state index contributed by atoms with van der Waals surface area (Å²) in [5, 5.41) is 3.57. The van der Waals surface area contributed by atoms with Crippen LogP contribution >= 0.6 is 0 Å². The molecule has 1 saturated heterocycles. The van der Waals surface area contributed by atoms with Gasteiger partial charge >= 0.3 is 0 Å². The summed E-state index contributed by atoms with van der Waals surface area (Å²) in [6, 6.07) is 6.71. The van der Waals surface area contributed by atoms with Crippen LogP contribution in [-0.2, 0) is 15.9 Å². The molecule has 2 aliphatic heterocycles. The second-order valence-corrected chi connectivity index (χ2v) is 6.64. The van der Waals surface area contributed by atoms with Crippen molar-refractivity contribution in [3.63, 3.8) is 0 Å². The Hall–Kier alpha value is -1.30. The van der Waals surface area contributed by atoms with Gasteiger partial charge in [0, 0.05) is 19.3 Å². The summed E-state index contributed by atoms with van der Waals surface area (Å²) >= 11 is 0. The van der Waals surface area contributed by atoms with Gasteiger partial charge in [-0.1, -0.05) is 6.07 Å². The van der Waals surface area contributed by atoms with Crippen LogP contribution in [-0.4, -0.2) is 45.3 Å². The van der Waals surface area contributed by atoms with Crippen LogP contribution in [0.25, 0.3) is 0 Å². The number of ether oxygens (including phenoxy) is 4. The molecule has 1 aromatic rings. The van der Waals surface area contributed by atoms with Crippen LogP contribution in [0.15, 0.2) is 18.2 Å². The molecule has 0 saturated carbocycles. The lowest BCUT2D eigenvalue weighted by Crippen LogP contribution is -2.28. The van der Waals surface area contributed by atoms with Crippen molar-refractivity contribution in [2.24, 2.45) is 0 Å². The van der Waals surface area contributed by atoms with Crippen molar-refractivity contribution in [2.75, 3.05) is 33.2 Å². The normalized spacial score (nSPS) is 20.5. The molecular formula is C19H29NO4. The van der Waals surface area contributed by atoms with Gasteiger partial charge in [-0.2, -0.15) is 0 Å². The van der Waals surface area contributed by atoms with Gasteiger partial charge in [0.1, 0.15) is 0 Å². The highest BCUT2D eigenvalue weighted by molar-refractivity contribution is 5.44. The quantitative estimate of drug-likeness (QED) is 0.666. The summed E-state index contributed by atoms with van der Waals surface area (Å²) in [7, 11) is 0. The van der Waals surface area contributed by atoms with E-state index in [2.05, 4.69) is 24.4 Å². The van der Waals surface area contributed by atoms with Crippen LogP contribution in [0.2, 0.25) is 0 Å². The zero-order valence-electron chi connectivity index (χ0n) is 14.6. The minimum absolute atomic E-state index is 0.332. The zero-order chi connectivity index (χ0) is 16.6. The van der Waals surface area contributed by atoms with Gasteiger partial charge < -0.3 is 24.3 Å². The minimum Gasteiger partial charge on any atom is -0.454 e. The first kappa shape index (κ1) is 17.5. The molecule has 0 spiro atoms. The lowest BCUT2D eigenvalue weighted by atomic mass is 10.1. The molecule has 24 heavy (non-hydrogen) atoms. The molecule has 1 N–H and O–H groups in total. The van der Waals surface area contributed by atoms with E-state index in [4.69, 9.17) is 18.9 Å². The largest absolute Gasteiger partial charge is 0.454 e. The molecule has 0 radical (unpaired) electrons. The van der Waals surface area contributed by atoms with E-state index in [-0.39, 0.29) is 0 Å². The Bertz CT molecular complexity index is 502. The average molecular weight is 335 g/mol. The molecule has 5 nitrogen and oxygen atoms in total. The number of fused-ring (bicyclic) bond motifs is 1. The van der Waals surface area contributed by atoms with Crippen LogP contribution in [0.3, 0.4) is 0 Å². The van der Waals surface area contributed by atoms with Gasteiger partial charge in [-0.05, 0) is 63.3 Å². The average Bonchev–Trinajstić information content (AvgIpc) is 3.26. The summed E-state index contributed by atoms with van der Waals surface area (Å²) in [6.07, 6.45) is 5.85. The molecule has 5 heteroatoms. The van der Waals surface area contributed by atoms with Gasteiger partial charge in [0.25, 0.3) is 0 Å². The summed E-state index contributed by atoms with van der Waals surface area (Å²) in [4.78, 5) is 0. The predicted octanol–water partition coefficient (Wildman–Crippen LogP) is 2.91. The van der Waals surface area contributed by atoms with E-state index in [9.17, 15) is 0 Å². The van der Waals surface area contributed by atoms with Crippen LogP contribution in [0, 0.1) is 0 Å². The van der Waals surface area contributed by atoms with E-state index in [1.807, 2.05) is 6.07 Å². The second-order valence-electron chi connectivity index (χ2n) is 6.64. The number of aryl methyl sites for hydroxylation is 1. The Morgan fingerprint density at radius 3 is 3.08 bits per heavy atom. The molecule has 3 rings (SSSR count). The topological polar surface area (TPSA) is 49.0 Å². The van der Waals surface area contributed by atoms with E-state index in [0.29, 0.717) is 18.9 Å².